The molecule has 0 radical (unpaired) electrons. The van der Waals surface area contributed by atoms with Crippen LogP contribution in [0, 0.1) is 5.82 Å². The number of hydrogen-bond acceptors (Lipinski definition) is 3. The lowest BCUT2D eigenvalue weighted by molar-refractivity contribution is -0.111. The largest absolute Gasteiger partial charge is 0.321 e. The number of nitrogens with one attached hydrogen (secondary N) is 3. The van der Waals surface area contributed by atoms with E-state index in [1.807, 2.05) is 0 Å². The molecule has 1 aliphatic carbocycles. The number of rotatable bonds is 5. The first-order valence-corrected chi connectivity index (χ1v) is 7.16. The normalized spacial score (nSPS) is 13.4. The van der Waals surface area contributed by atoms with E-state index in [4.69, 9.17) is 0 Å². The van der Waals surface area contributed by atoms with Crippen molar-refractivity contribution in [1.82, 2.24) is 10.2 Å². The van der Waals surface area contributed by atoms with Crippen LogP contribution >= 0.6 is 0 Å². The third kappa shape index (κ3) is 3.45. The molecule has 1 aromatic heterocycles. The van der Waals surface area contributed by atoms with E-state index in [1.54, 1.807) is 6.07 Å². The lowest BCUT2D eigenvalue weighted by Gasteiger charge is -2.08. The van der Waals surface area contributed by atoms with Crippen LogP contribution in [-0.4, -0.2) is 22.0 Å². The molecule has 2 aromatic rings. The zero-order chi connectivity index (χ0) is 16.4. The fourth-order valence-electron chi connectivity index (χ4n) is 2.13. The molecule has 0 spiro atoms. The number of aromatic nitrogens is 2. The number of anilines is 2. The molecule has 2 amide bonds. The van der Waals surface area contributed by atoms with Crippen molar-refractivity contribution in [3.63, 3.8) is 0 Å². The molecule has 1 saturated carbocycles. The summed E-state index contributed by atoms with van der Waals surface area (Å²) >= 11 is 0. The molecular formula is C16H15FN4O2. The lowest BCUT2D eigenvalue weighted by Crippen LogP contribution is -2.14. The van der Waals surface area contributed by atoms with Crippen molar-refractivity contribution in [1.29, 1.82) is 0 Å². The SMILES string of the molecule is C=CC(=O)Nc1cc(NC(=O)c2cc(C3CC3)[nH]n2)ccc1F. The summed E-state index contributed by atoms with van der Waals surface area (Å²) < 4.78 is 13.6. The van der Waals surface area contributed by atoms with Crippen molar-refractivity contribution in [3.8, 4) is 0 Å². The van der Waals surface area contributed by atoms with Crippen molar-refractivity contribution in [2.45, 2.75) is 18.8 Å². The van der Waals surface area contributed by atoms with Gasteiger partial charge in [-0.25, -0.2) is 4.39 Å². The number of nitrogens with zero attached hydrogens (tertiary/aromatic N) is 1. The molecule has 0 unspecified atom stereocenters. The van der Waals surface area contributed by atoms with Gasteiger partial charge in [0.1, 0.15) is 5.82 Å². The van der Waals surface area contributed by atoms with Crippen LogP contribution in [0.4, 0.5) is 15.8 Å². The summed E-state index contributed by atoms with van der Waals surface area (Å²) in [6, 6.07) is 5.62. The van der Waals surface area contributed by atoms with Gasteiger partial charge < -0.3 is 10.6 Å². The topological polar surface area (TPSA) is 86.9 Å². The van der Waals surface area contributed by atoms with E-state index in [2.05, 4.69) is 27.4 Å². The summed E-state index contributed by atoms with van der Waals surface area (Å²) in [5, 5.41) is 11.8. The monoisotopic (exact) mass is 314 g/mol. The Labute approximate surface area is 131 Å². The van der Waals surface area contributed by atoms with Gasteiger partial charge in [-0.3, -0.25) is 14.7 Å². The highest BCUT2D eigenvalue weighted by atomic mass is 19.1. The second-order valence-electron chi connectivity index (χ2n) is 5.32. The average Bonchev–Trinajstić information content (AvgIpc) is 3.27. The van der Waals surface area contributed by atoms with Gasteiger partial charge in [-0.2, -0.15) is 5.10 Å². The molecule has 7 heteroatoms. The third-order valence-electron chi connectivity index (χ3n) is 3.51. The second kappa shape index (κ2) is 6.04. The van der Waals surface area contributed by atoms with Crippen LogP contribution in [0.25, 0.3) is 0 Å². The maximum absolute atomic E-state index is 13.6. The van der Waals surface area contributed by atoms with E-state index in [1.165, 1.54) is 12.1 Å². The lowest BCUT2D eigenvalue weighted by atomic mass is 10.2. The maximum Gasteiger partial charge on any atom is 0.276 e. The zero-order valence-electron chi connectivity index (χ0n) is 12.2. The molecule has 3 N–H and O–H groups in total. The van der Waals surface area contributed by atoms with Gasteiger partial charge in [0.2, 0.25) is 5.91 Å². The minimum atomic E-state index is -0.603. The minimum absolute atomic E-state index is 0.0339. The van der Waals surface area contributed by atoms with Gasteiger partial charge in [0.15, 0.2) is 5.69 Å². The number of hydrogen-bond donors (Lipinski definition) is 3. The Morgan fingerprint density at radius 1 is 1.30 bits per heavy atom. The summed E-state index contributed by atoms with van der Waals surface area (Å²) in [5.41, 5.74) is 1.54. The third-order valence-corrected chi connectivity index (χ3v) is 3.51. The molecule has 0 aliphatic heterocycles. The van der Waals surface area contributed by atoms with Gasteiger partial charge in [-0.15, -0.1) is 0 Å². The first-order chi connectivity index (χ1) is 11.1. The Morgan fingerprint density at radius 3 is 2.78 bits per heavy atom. The van der Waals surface area contributed by atoms with Gasteiger partial charge in [-0.05, 0) is 43.2 Å². The van der Waals surface area contributed by atoms with E-state index >= 15 is 0 Å². The summed E-state index contributed by atoms with van der Waals surface area (Å²) in [7, 11) is 0. The highest BCUT2D eigenvalue weighted by Crippen LogP contribution is 2.39. The van der Waals surface area contributed by atoms with Gasteiger partial charge in [0.25, 0.3) is 5.91 Å². The molecule has 1 aromatic carbocycles. The van der Waals surface area contributed by atoms with Gasteiger partial charge >= 0.3 is 0 Å². The van der Waals surface area contributed by atoms with E-state index in [0.717, 1.165) is 30.7 Å². The number of halogens is 1. The summed E-state index contributed by atoms with van der Waals surface area (Å²) in [5.74, 6) is -1.07. The summed E-state index contributed by atoms with van der Waals surface area (Å²) in [6.07, 6.45) is 3.25. The molecule has 0 saturated heterocycles. The molecular weight excluding hydrogens is 299 g/mol. The molecule has 1 heterocycles. The van der Waals surface area contributed by atoms with Crippen LogP contribution in [0.3, 0.4) is 0 Å². The predicted molar refractivity (Wildman–Crippen MR) is 83.7 cm³/mol. The molecule has 6 nitrogen and oxygen atoms in total. The van der Waals surface area contributed by atoms with Crippen LogP contribution in [0.5, 0.6) is 0 Å². The highest BCUT2D eigenvalue weighted by molar-refractivity contribution is 6.04. The Bertz CT molecular complexity index is 780. The first-order valence-electron chi connectivity index (χ1n) is 7.16. The predicted octanol–water partition coefficient (Wildman–Crippen LogP) is 2.80. The quantitative estimate of drug-likeness (QED) is 0.742. The van der Waals surface area contributed by atoms with Crippen LogP contribution in [0.15, 0.2) is 36.9 Å². The number of carbonyl (C=O) groups excluding carboxylic acids is 2. The first kappa shape index (κ1) is 15.0. The van der Waals surface area contributed by atoms with Crippen molar-refractivity contribution in [2.24, 2.45) is 0 Å². The second-order valence-corrected chi connectivity index (χ2v) is 5.32. The fraction of sp³-hybridized carbons (Fsp3) is 0.188. The van der Waals surface area contributed by atoms with Crippen molar-refractivity contribution in [3.05, 3.63) is 54.1 Å². The molecule has 3 rings (SSSR count). The van der Waals surface area contributed by atoms with Crippen molar-refractivity contribution in [2.75, 3.05) is 10.6 Å². The minimum Gasteiger partial charge on any atom is -0.321 e. The summed E-state index contributed by atoms with van der Waals surface area (Å²) in [4.78, 5) is 23.4. The molecule has 23 heavy (non-hydrogen) atoms. The fourth-order valence-corrected chi connectivity index (χ4v) is 2.13. The van der Waals surface area contributed by atoms with Crippen LogP contribution in [0.1, 0.15) is 34.9 Å². The Balaban J connectivity index is 1.73. The molecule has 1 aliphatic rings. The van der Waals surface area contributed by atoms with Crippen LogP contribution in [-0.2, 0) is 4.79 Å². The zero-order valence-corrected chi connectivity index (χ0v) is 12.2. The molecule has 0 atom stereocenters. The van der Waals surface area contributed by atoms with Crippen molar-refractivity contribution < 1.29 is 14.0 Å². The van der Waals surface area contributed by atoms with E-state index in [-0.39, 0.29) is 11.4 Å². The molecule has 0 bridgehead atoms. The number of aromatic amines is 1. The summed E-state index contributed by atoms with van der Waals surface area (Å²) in [6.45, 7) is 3.30. The van der Waals surface area contributed by atoms with E-state index in [0.29, 0.717) is 11.6 Å². The Morgan fingerprint density at radius 2 is 2.09 bits per heavy atom. The van der Waals surface area contributed by atoms with Gasteiger partial charge in [0.05, 0.1) is 5.69 Å². The van der Waals surface area contributed by atoms with Gasteiger partial charge in [-0.1, -0.05) is 6.58 Å². The number of H-pyrrole nitrogens is 1. The Kier molecular flexibility index (Phi) is 3.92. The number of amides is 2. The average molecular weight is 314 g/mol. The Hall–Kier alpha value is -2.96. The van der Waals surface area contributed by atoms with Crippen LogP contribution in [0.2, 0.25) is 0 Å². The highest BCUT2D eigenvalue weighted by Gasteiger charge is 2.26. The van der Waals surface area contributed by atoms with Crippen molar-refractivity contribution >= 4 is 23.2 Å². The van der Waals surface area contributed by atoms with E-state index in [9.17, 15) is 14.0 Å². The molecule has 118 valence electrons. The number of benzene rings is 1. The maximum atomic E-state index is 13.6. The van der Waals surface area contributed by atoms with Gasteiger partial charge in [0, 0.05) is 17.3 Å². The smallest absolute Gasteiger partial charge is 0.276 e. The van der Waals surface area contributed by atoms with Crippen LogP contribution < -0.4 is 10.6 Å². The standard InChI is InChI=1S/C16H15FN4O2/c1-2-15(22)19-13-7-10(5-6-11(13)17)18-16(23)14-8-12(20-21-14)9-3-4-9/h2,5-9H,1,3-4H2,(H,18,23)(H,19,22)(H,20,21). The number of carbonyl (C=O) groups is 2. The molecule has 1 fully saturated rings. The van der Waals surface area contributed by atoms with E-state index < -0.39 is 17.6 Å².